The van der Waals surface area contributed by atoms with Gasteiger partial charge in [-0.3, -0.25) is 4.90 Å². The Kier molecular flexibility index (Phi) is 6.17. The number of hydrogen-bond donors (Lipinski definition) is 0. The van der Waals surface area contributed by atoms with Crippen molar-refractivity contribution in [1.29, 1.82) is 0 Å². The van der Waals surface area contributed by atoms with Crippen molar-refractivity contribution in [3.05, 3.63) is 96.1 Å². The molecule has 3 aromatic carbocycles. The van der Waals surface area contributed by atoms with Gasteiger partial charge in [-0.1, -0.05) is 84.9 Å². The maximum absolute atomic E-state index is 6.17. The molecule has 1 heterocycles. The fraction of sp³-hybridized carbons (Fsp3) is 0.280. The van der Waals surface area contributed by atoms with Gasteiger partial charge in [0, 0.05) is 19.7 Å². The van der Waals surface area contributed by atoms with Crippen LogP contribution in [0.15, 0.2) is 84.9 Å². The van der Waals surface area contributed by atoms with Gasteiger partial charge >= 0.3 is 0 Å². The first-order valence-corrected chi connectivity index (χ1v) is 10.0. The molecule has 1 aliphatic heterocycles. The Morgan fingerprint density at radius 2 is 1.54 bits per heavy atom. The predicted octanol–water partition coefficient (Wildman–Crippen LogP) is 5.46. The molecule has 0 N–H and O–H groups in total. The number of hydrogen-bond acceptors (Lipinski definition) is 3. The second kappa shape index (κ2) is 9.16. The summed E-state index contributed by atoms with van der Waals surface area (Å²) >= 11 is 0. The number of nitrogens with zero attached hydrogens (tertiary/aromatic N) is 1. The van der Waals surface area contributed by atoms with E-state index in [9.17, 15) is 0 Å². The molecule has 0 spiro atoms. The standard InChI is InChI=1S/C25H27NO2/c1-2-27-25(23-15-13-21(14-16-23)20-9-5-3-6-10-20)26-17-18-28-24(19-26)22-11-7-4-8-12-22/h3-16,24-25H,2,17-19H2,1H3. The van der Waals surface area contributed by atoms with E-state index < -0.39 is 0 Å². The lowest BCUT2D eigenvalue weighted by molar-refractivity contribution is -0.121. The molecule has 4 rings (SSSR count). The molecule has 3 nitrogen and oxygen atoms in total. The van der Waals surface area contributed by atoms with Gasteiger partial charge in [-0.15, -0.1) is 0 Å². The smallest absolute Gasteiger partial charge is 0.136 e. The Morgan fingerprint density at radius 1 is 0.893 bits per heavy atom. The van der Waals surface area contributed by atoms with E-state index in [1.165, 1.54) is 22.3 Å². The lowest BCUT2D eigenvalue weighted by Crippen LogP contribution is -2.41. The Morgan fingerprint density at radius 3 is 2.21 bits per heavy atom. The molecule has 2 unspecified atom stereocenters. The van der Waals surface area contributed by atoms with Crippen LogP contribution >= 0.6 is 0 Å². The van der Waals surface area contributed by atoms with E-state index in [2.05, 4.69) is 84.6 Å². The molecule has 1 fully saturated rings. The first kappa shape index (κ1) is 18.9. The summed E-state index contributed by atoms with van der Waals surface area (Å²) in [5, 5.41) is 0. The minimum Gasteiger partial charge on any atom is -0.371 e. The number of benzene rings is 3. The molecular weight excluding hydrogens is 346 g/mol. The number of morpholine rings is 1. The van der Waals surface area contributed by atoms with Gasteiger partial charge in [-0.2, -0.15) is 0 Å². The lowest BCUT2D eigenvalue weighted by Gasteiger charge is -2.38. The third-order valence-electron chi connectivity index (χ3n) is 5.23. The van der Waals surface area contributed by atoms with Gasteiger partial charge in [-0.25, -0.2) is 0 Å². The molecule has 0 bridgehead atoms. The number of ether oxygens (including phenoxy) is 2. The summed E-state index contributed by atoms with van der Waals surface area (Å²) in [6.45, 7) is 5.15. The van der Waals surface area contributed by atoms with Crippen LogP contribution < -0.4 is 0 Å². The zero-order valence-corrected chi connectivity index (χ0v) is 16.3. The molecular formula is C25H27NO2. The highest BCUT2D eigenvalue weighted by Gasteiger charge is 2.28. The highest BCUT2D eigenvalue weighted by Crippen LogP contribution is 2.31. The molecule has 28 heavy (non-hydrogen) atoms. The van der Waals surface area contributed by atoms with Crippen molar-refractivity contribution in [2.45, 2.75) is 19.3 Å². The van der Waals surface area contributed by atoms with Crippen LogP contribution in [0.5, 0.6) is 0 Å². The number of rotatable bonds is 6. The Bertz CT molecular complexity index is 849. The fourth-order valence-corrected chi connectivity index (χ4v) is 3.79. The van der Waals surface area contributed by atoms with Crippen LogP contribution in [0.25, 0.3) is 11.1 Å². The molecule has 2 atom stereocenters. The van der Waals surface area contributed by atoms with Crippen LogP contribution in [0, 0.1) is 0 Å². The van der Waals surface area contributed by atoms with Crippen LogP contribution in [0.4, 0.5) is 0 Å². The molecule has 1 saturated heterocycles. The van der Waals surface area contributed by atoms with Gasteiger partial charge < -0.3 is 9.47 Å². The van der Waals surface area contributed by atoms with Gasteiger partial charge in [0.25, 0.3) is 0 Å². The summed E-state index contributed by atoms with van der Waals surface area (Å²) in [6.07, 6.45) is 0.0337. The van der Waals surface area contributed by atoms with Crippen molar-refractivity contribution in [3.8, 4) is 11.1 Å². The molecule has 0 saturated carbocycles. The summed E-state index contributed by atoms with van der Waals surface area (Å²) in [6, 6.07) is 29.7. The van der Waals surface area contributed by atoms with Gasteiger partial charge in [0.05, 0.1) is 12.7 Å². The largest absolute Gasteiger partial charge is 0.371 e. The van der Waals surface area contributed by atoms with E-state index >= 15 is 0 Å². The highest BCUT2D eigenvalue weighted by molar-refractivity contribution is 5.63. The molecule has 3 aromatic rings. The van der Waals surface area contributed by atoms with Crippen LogP contribution in [0.2, 0.25) is 0 Å². The SMILES string of the molecule is CCOC(c1ccc(-c2ccccc2)cc1)N1CCOC(c2ccccc2)C1. The van der Waals surface area contributed by atoms with Gasteiger partial charge in [0.1, 0.15) is 6.23 Å². The van der Waals surface area contributed by atoms with Crippen molar-refractivity contribution >= 4 is 0 Å². The van der Waals surface area contributed by atoms with Crippen LogP contribution in [-0.4, -0.2) is 31.2 Å². The molecule has 0 amide bonds. The maximum Gasteiger partial charge on any atom is 0.136 e. The minimum absolute atomic E-state index is 0.0510. The van der Waals surface area contributed by atoms with Crippen molar-refractivity contribution in [3.63, 3.8) is 0 Å². The minimum atomic E-state index is -0.0510. The normalized spacial score (nSPS) is 18.7. The zero-order valence-electron chi connectivity index (χ0n) is 16.3. The zero-order chi connectivity index (χ0) is 19.2. The van der Waals surface area contributed by atoms with Crippen molar-refractivity contribution in [2.24, 2.45) is 0 Å². The summed E-state index contributed by atoms with van der Waals surface area (Å²) in [5.74, 6) is 0. The molecule has 0 radical (unpaired) electrons. The Labute approximate surface area is 167 Å². The molecule has 144 valence electrons. The average molecular weight is 373 g/mol. The van der Waals surface area contributed by atoms with Crippen molar-refractivity contribution in [1.82, 2.24) is 4.90 Å². The summed E-state index contributed by atoms with van der Waals surface area (Å²) < 4.78 is 12.2. The topological polar surface area (TPSA) is 21.7 Å². The van der Waals surface area contributed by atoms with E-state index in [4.69, 9.17) is 9.47 Å². The Hall–Kier alpha value is -2.46. The van der Waals surface area contributed by atoms with Gasteiger partial charge in [-0.05, 0) is 29.2 Å². The molecule has 0 aromatic heterocycles. The van der Waals surface area contributed by atoms with Gasteiger partial charge in [0.2, 0.25) is 0 Å². The summed E-state index contributed by atoms with van der Waals surface area (Å²) in [7, 11) is 0. The van der Waals surface area contributed by atoms with Gasteiger partial charge in [0.15, 0.2) is 0 Å². The third kappa shape index (κ3) is 4.33. The van der Waals surface area contributed by atoms with Crippen LogP contribution in [0.3, 0.4) is 0 Å². The maximum atomic E-state index is 6.17. The first-order valence-electron chi connectivity index (χ1n) is 10.0. The van der Waals surface area contributed by atoms with Crippen molar-refractivity contribution < 1.29 is 9.47 Å². The quantitative estimate of drug-likeness (QED) is 0.572. The monoisotopic (exact) mass is 373 g/mol. The van der Waals surface area contributed by atoms with E-state index in [-0.39, 0.29) is 12.3 Å². The second-order valence-corrected chi connectivity index (χ2v) is 7.06. The fourth-order valence-electron chi connectivity index (χ4n) is 3.79. The third-order valence-corrected chi connectivity index (χ3v) is 5.23. The molecule has 3 heteroatoms. The first-order chi connectivity index (χ1) is 13.8. The summed E-state index contributed by atoms with van der Waals surface area (Å²) in [4.78, 5) is 2.39. The van der Waals surface area contributed by atoms with E-state index in [1.807, 2.05) is 12.1 Å². The average Bonchev–Trinajstić information content (AvgIpc) is 2.79. The van der Waals surface area contributed by atoms with E-state index in [0.29, 0.717) is 13.2 Å². The van der Waals surface area contributed by atoms with Crippen LogP contribution in [-0.2, 0) is 9.47 Å². The Balaban J connectivity index is 1.53. The highest BCUT2D eigenvalue weighted by atomic mass is 16.5. The van der Waals surface area contributed by atoms with Crippen LogP contribution in [0.1, 0.15) is 30.4 Å². The van der Waals surface area contributed by atoms with Crippen molar-refractivity contribution in [2.75, 3.05) is 26.3 Å². The summed E-state index contributed by atoms with van der Waals surface area (Å²) in [5.41, 5.74) is 4.87. The predicted molar refractivity (Wildman–Crippen MR) is 113 cm³/mol. The lowest BCUT2D eigenvalue weighted by atomic mass is 10.0. The molecule has 0 aliphatic carbocycles. The molecule has 1 aliphatic rings. The second-order valence-electron chi connectivity index (χ2n) is 7.06. The van der Waals surface area contributed by atoms with E-state index in [0.717, 1.165) is 13.1 Å². The van der Waals surface area contributed by atoms with E-state index in [1.54, 1.807) is 0 Å².